The third-order valence-corrected chi connectivity index (χ3v) is 3.08. The van der Waals surface area contributed by atoms with Gasteiger partial charge in [0.1, 0.15) is 17.5 Å². The molecule has 0 bridgehead atoms. The predicted molar refractivity (Wildman–Crippen MR) is 71.7 cm³/mol. The maximum atomic E-state index is 11.8. The van der Waals surface area contributed by atoms with Gasteiger partial charge in [0.2, 0.25) is 0 Å². The fourth-order valence-corrected chi connectivity index (χ4v) is 1.91. The number of phenols is 2. The van der Waals surface area contributed by atoms with Gasteiger partial charge in [0, 0.05) is 0 Å². The number of aliphatic carboxylic acids is 1. The van der Waals surface area contributed by atoms with Crippen molar-refractivity contribution in [2.45, 2.75) is 12.5 Å². The van der Waals surface area contributed by atoms with E-state index in [0.29, 0.717) is 5.75 Å². The van der Waals surface area contributed by atoms with Gasteiger partial charge in [-0.15, -0.1) is 0 Å². The van der Waals surface area contributed by atoms with E-state index < -0.39 is 17.9 Å². The quantitative estimate of drug-likeness (QED) is 0.582. The Morgan fingerprint density at radius 1 is 1.37 bits per heavy atom. The van der Waals surface area contributed by atoms with Crippen LogP contribution in [0.4, 0.5) is 0 Å². The van der Waals surface area contributed by atoms with Crippen LogP contribution in [0.3, 0.4) is 0 Å². The molecule has 0 radical (unpaired) electrons. The van der Waals surface area contributed by atoms with Crippen molar-refractivity contribution in [1.82, 2.24) is 5.32 Å². The van der Waals surface area contributed by atoms with Gasteiger partial charge in [-0.25, -0.2) is 4.79 Å². The Labute approximate surface area is 114 Å². The number of rotatable bonds is 6. The van der Waals surface area contributed by atoms with E-state index in [1.165, 1.54) is 23.9 Å². The van der Waals surface area contributed by atoms with Crippen molar-refractivity contribution in [1.29, 1.82) is 0 Å². The molecule has 0 aliphatic rings. The molecule has 7 heteroatoms. The van der Waals surface area contributed by atoms with Crippen molar-refractivity contribution >= 4 is 23.6 Å². The minimum absolute atomic E-state index is 0.157. The third kappa shape index (κ3) is 4.36. The van der Waals surface area contributed by atoms with E-state index in [4.69, 9.17) is 5.11 Å². The lowest BCUT2D eigenvalue weighted by Crippen LogP contribution is -2.41. The number of phenolic OH excluding ortho intramolecular Hbond substituents is 2. The normalized spacial score (nSPS) is 11.8. The summed E-state index contributed by atoms with van der Waals surface area (Å²) in [5.41, 5.74) is -0.157. The van der Waals surface area contributed by atoms with Crippen LogP contribution in [0, 0.1) is 0 Å². The van der Waals surface area contributed by atoms with Crippen LogP contribution in [0.25, 0.3) is 0 Å². The SMILES string of the molecule is CSCCC(NC(=O)c1cc(O)ccc1O)C(=O)O. The van der Waals surface area contributed by atoms with E-state index in [1.54, 1.807) is 0 Å². The van der Waals surface area contributed by atoms with E-state index in [1.807, 2.05) is 6.26 Å². The molecule has 1 amide bonds. The molecule has 4 N–H and O–H groups in total. The van der Waals surface area contributed by atoms with Crippen LogP contribution >= 0.6 is 11.8 Å². The number of aromatic hydroxyl groups is 2. The summed E-state index contributed by atoms with van der Waals surface area (Å²) in [6.07, 6.45) is 2.11. The minimum Gasteiger partial charge on any atom is -0.508 e. The first-order valence-corrected chi connectivity index (χ1v) is 6.89. The van der Waals surface area contributed by atoms with Gasteiger partial charge in [-0.3, -0.25) is 4.79 Å². The first-order chi connectivity index (χ1) is 8.95. The number of nitrogens with one attached hydrogen (secondary N) is 1. The van der Waals surface area contributed by atoms with E-state index in [9.17, 15) is 19.8 Å². The summed E-state index contributed by atoms with van der Waals surface area (Å²) in [5.74, 6) is -1.78. The molecule has 19 heavy (non-hydrogen) atoms. The van der Waals surface area contributed by atoms with Gasteiger partial charge in [-0.05, 0) is 36.6 Å². The molecule has 0 fully saturated rings. The highest BCUT2D eigenvalue weighted by atomic mass is 32.2. The summed E-state index contributed by atoms with van der Waals surface area (Å²) >= 11 is 1.47. The van der Waals surface area contributed by atoms with Crippen LogP contribution in [0.15, 0.2) is 18.2 Å². The summed E-state index contributed by atoms with van der Waals surface area (Å²) in [4.78, 5) is 22.8. The van der Waals surface area contributed by atoms with Crippen LogP contribution < -0.4 is 5.32 Å². The highest BCUT2D eigenvalue weighted by Crippen LogP contribution is 2.22. The molecule has 1 atom stereocenters. The molecule has 1 rings (SSSR count). The van der Waals surface area contributed by atoms with Crippen LogP contribution in [-0.2, 0) is 4.79 Å². The smallest absolute Gasteiger partial charge is 0.326 e. The fourth-order valence-electron chi connectivity index (χ4n) is 1.43. The molecule has 0 spiro atoms. The van der Waals surface area contributed by atoms with Gasteiger partial charge in [0.25, 0.3) is 5.91 Å². The zero-order valence-corrected chi connectivity index (χ0v) is 11.1. The van der Waals surface area contributed by atoms with Crippen molar-refractivity contribution < 1.29 is 24.9 Å². The molecule has 6 nitrogen and oxygen atoms in total. The molecular formula is C12H15NO5S. The number of benzene rings is 1. The Kier molecular flexibility index (Phi) is 5.50. The molecule has 0 saturated carbocycles. The Hall–Kier alpha value is -1.89. The molecule has 0 aliphatic carbocycles. The van der Waals surface area contributed by atoms with E-state index in [-0.39, 0.29) is 23.5 Å². The molecule has 0 saturated heterocycles. The van der Waals surface area contributed by atoms with Gasteiger partial charge in [-0.1, -0.05) is 0 Å². The number of hydrogen-bond acceptors (Lipinski definition) is 5. The van der Waals surface area contributed by atoms with Gasteiger partial charge < -0.3 is 20.6 Å². The van der Waals surface area contributed by atoms with Crippen molar-refractivity contribution in [3.05, 3.63) is 23.8 Å². The van der Waals surface area contributed by atoms with Gasteiger partial charge in [-0.2, -0.15) is 11.8 Å². The minimum atomic E-state index is -1.14. The molecule has 0 heterocycles. The van der Waals surface area contributed by atoms with Crippen molar-refractivity contribution in [3.63, 3.8) is 0 Å². The Morgan fingerprint density at radius 3 is 2.63 bits per heavy atom. The number of carbonyl (C=O) groups excluding carboxylic acids is 1. The number of thioether (sulfide) groups is 1. The Balaban J connectivity index is 2.81. The second-order valence-corrected chi connectivity index (χ2v) is 4.83. The van der Waals surface area contributed by atoms with E-state index >= 15 is 0 Å². The van der Waals surface area contributed by atoms with E-state index in [2.05, 4.69) is 5.32 Å². The average molecular weight is 285 g/mol. The number of carboxylic acids is 1. The zero-order chi connectivity index (χ0) is 14.4. The lowest BCUT2D eigenvalue weighted by atomic mass is 10.1. The lowest BCUT2D eigenvalue weighted by Gasteiger charge is -2.14. The first-order valence-electron chi connectivity index (χ1n) is 5.50. The van der Waals surface area contributed by atoms with Crippen LogP contribution in [0.2, 0.25) is 0 Å². The second-order valence-electron chi connectivity index (χ2n) is 3.85. The highest BCUT2D eigenvalue weighted by molar-refractivity contribution is 7.98. The summed E-state index contributed by atoms with van der Waals surface area (Å²) in [6.45, 7) is 0. The maximum absolute atomic E-state index is 11.8. The maximum Gasteiger partial charge on any atom is 0.326 e. The predicted octanol–water partition coefficient (Wildman–Crippen LogP) is 1.03. The molecule has 0 aliphatic heterocycles. The number of hydrogen-bond donors (Lipinski definition) is 4. The molecule has 0 aromatic heterocycles. The lowest BCUT2D eigenvalue weighted by molar-refractivity contribution is -0.139. The van der Waals surface area contributed by atoms with Crippen molar-refractivity contribution in [3.8, 4) is 11.5 Å². The number of amides is 1. The zero-order valence-electron chi connectivity index (χ0n) is 10.3. The first kappa shape index (κ1) is 15.2. The molecule has 1 unspecified atom stereocenters. The standard InChI is InChI=1S/C12H15NO5S/c1-19-5-4-9(12(17)18)13-11(16)8-6-7(14)2-3-10(8)15/h2-3,6,9,14-15H,4-5H2,1H3,(H,13,16)(H,17,18). The summed E-state index contributed by atoms with van der Waals surface area (Å²) in [7, 11) is 0. The summed E-state index contributed by atoms with van der Waals surface area (Å²) < 4.78 is 0. The average Bonchev–Trinajstić information content (AvgIpc) is 2.36. The third-order valence-electron chi connectivity index (χ3n) is 2.44. The summed E-state index contributed by atoms with van der Waals surface area (Å²) in [6, 6.07) is 2.45. The second kappa shape index (κ2) is 6.89. The van der Waals surface area contributed by atoms with Crippen LogP contribution in [-0.4, -0.2) is 45.2 Å². The topological polar surface area (TPSA) is 107 Å². The number of carbonyl (C=O) groups is 2. The van der Waals surface area contributed by atoms with Crippen molar-refractivity contribution in [2.75, 3.05) is 12.0 Å². The van der Waals surface area contributed by atoms with Crippen LogP contribution in [0.5, 0.6) is 11.5 Å². The molecule has 104 valence electrons. The van der Waals surface area contributed by atoms with Gasteiger partial charge >= 0.3 is 5.97 Å². The van der Waals surface area contributed by atoms with Crippen molar-refractivity contribution in [2.24, 2.45) is 0 Å². The Bertz CT molecular complexity index is 477. The highest BCUT2D eigenvalue weighted by Gasteiger charge is 2.21. The monoisotopic (exact) mass is 285 g/mol. The molecular weight excluding hydrogens is 270 g/mol. The molecule has 1 aromatic rings. The summed E-state index contributed by atoms with van der Waals surface area (Å²) in [5, 5.41) is 30.1. The van der Waals surface area contributed by atoms with Gasteiger partial charge in [0.05, 0.1) is 5.56 Å². The molecule has 1 aromatic carbocycles. The number of carboxylic acid groups (broad SMARTS) is 1. The largest absolute Gasteiger partial charge is 0.508 e. The Morgan fingerprint density at radius 2 is 2.05 bits per heavy atom. The fraction of sp³-hybridized carbons (Fsp3) is 0.333. The van der Waals surface area contributed by atoms with Gasteiger partial charge in [0.15, 0.2) is 0 Å². The van der Waals surface area contributed by atoms with E-state index in [0.717, 1.165) is 6.07 Å². The van der Waals surface area contributed by atoms with Crippen LogP contribution in [0.1, 0.15) is 16.8 Å².